The molecule has 3 rings (SSSR count). The number of nitrogens with zero attached hydrogens (tertiary/aromatic N) is 2. The Hall–Kier alpha value is -0.850. The second kappa shape index (κ2) is 5.41. The van der Waals surface area contributed by atoms with E-state index in [4.69, 9.17) is 5.73 Å². The van der Waals surface area contributed by atoms with Crippen molar-refractivity contribution in [3.63, 3.8) is 0 Å². The zero-order chi connectivity index (χ0) is 15.2. The molecule has 2 fully saturated rings. The Kier molecular flexibility index (Phi) is 3.88. The maximum Gasteiger partial charge on any atom is 0.244 e. The van der Waals surface area contributed by atoms with Gasteiger partial charge in [0.1, 0.15) is 4.90 Å². The number of piperidine rings is 1. The molecule has 2 N–H and O–H groups in total. The maximum atomic E-state index is 12.9. The van der Waals surface area contributed by atoms with Gasteiger partial charge in [-0.1, -0.05) is 6.92 Å². The number of aromatic nitrogens is 1. The summed E-state index contributed by atoms with van der Waals surface area (Å²) in [7, 11) is -3.40. The highest BCUT2D eigenvalue weighted by atomic mass is 32.2. The topological polar surface area (TPSA) is 68.3 Å². The summed E-state index contributed by atoms with van der Waals surface area (Å²) in [5.74, 6) is 0.426. The Bertz CT molecular complexity index is 619. The largest absolute Gasteiger partial charge is 0.346 e. The summed E-state index contributed by atoms with van der Waals surface area (Å²) in [5.41, 5.74) is 6.70. The molecule has 6 heteroatoms. The monoisotopic (exact) mass is 311 g/mol. The molecule has 2 unspecified atom stereocenters. The molecule has 0 bridgehead atoms. The lowest BCUT2D eigenvalue weighted by Gasteiger charge is -2.35. The lowest BCUT2D eigenvalue weighted by Crippen LogP contribution is -2.44. The SMILES string of the molecule is CC1CCC(C)N(S(=O)(=O)c2cc(CN)n(C3CC3)c2)C1. The molecule has 118 valence electrons. The zero-order valence-corrected chi connectivity index (χ0v) is 13.6. The first-order valence-corrected chi connectivity index (χ1v) is 9.30. The number of rotatable bonds is 4. The Balaban J connectivity index is 1.94. The van der Waals surface area contributed by atoms with Crippen molar-refractivity contribution in [1.82, 2.24) is 8.87 Å². The summed E-state index contributed by atoms with van der Waals surface area (Å²) in [5, 5.41) is 0. The van der Waals surface area contributed by atoms with Gasteiger partial charge in [-0.15, -0.1) is 0 Å². The molecule has 2 atom stereocenters. The number of sulfonamides is 1. The fourth-order valence-corrected chi connectivity index (χ4v) is 5.05. The minimum Gasteiger partial charge on any atom is -0.346 e. The Morgan fingerprint density at radius 3 is 2.57 bits per heavy atom. The van der Waals surface area contributed by atoms with E-state index < -0.39 is 10.0 Å². The van der Waals surface area contributed by atoms with Gasteiger partial charge in [0.2, 0.25) is 10.0 Å². The van der Waals surface area contributed by atoms with Gasteiger partial charge in [0, 0.05) is 37.1 Å². The summed E-state index contributed by atoms with van der Waals surface area (Å²) in [6.45, 7) is 5.13. The Morgan fingerprint density at radius 1 is 1.24 bits per heavy atom. The molecule has 0 spiro atoms. The Morgan fingerprint density at radius 2 is 1.95 bits per heavy atom. The average Bonchev–Trinajstić information content (AvgIpc) is 3.20. The smallest absolute Gasteiger partial charge is 0.244 e. The fraction of sp³-hybridized carbons (Fsp3) is 0.733. The van der Waals surface area contributed by atoms with Crippen molar-refractivity contribution < 1.29 is 8.42 Å². The predicted molar refractivity (Wildman–Crippen MR) is 82.3 cm³/mol. The van der Waals surface area contributed by atoms with Crippen molar-refractivity contribution in [2.24, 2.45) is 11.7 Å². The molecule has 2 heterocycles. The molecule has 1 aliphatic heterocycles. The number of nitrogens with two attached hydrogens (primary N) is 1. The minimum atomic E-state index is -3.40. The van der Waals surface area contributed by atoms with Gasteiger partial charge in [-0.05, 0) is 44.6 Å². The van der Waals surface area contributed by atoms with Crippen molar-refractivity contribution in [1.29, 1.82) is 0 Å². The standard InChI is InChI=1S/C15H25N3O2S/c1-11-3-4-12(2)18(9-11)21(19,20)15-7-14(8-16)17(10-15)13-5-6-13/h7,10-13H,3-6,8-9,16H2,1-2H3. The third-order valence-electron chi connectivity index (χ3n) is 4.72. The van der Waals surface area contributed by atoms with E-state index in [0.717, 1.165) is 31.4 Å². The lowest BCUT2D eigenvalue weighted by molar-refractivity contribution is 0.218. The van der Waals surface area contributed by atoms with Crippen LogP contribution in [-0.2, 0) is 16.6 Å². The van der Waals surface area contributed by atoms with E-state index in [-0.39, 0.29) is 6.04 Å². The number of hydrogen-bond acceptors (Lipinski definition) is 3. The molecule has 1 aromatic rings. The quantitative estimate of drug-likeness (QED) is 0.926. The van der Waals surface area contributed by atoms with Gasteiger partial charge in [-0.25, -0.2) is 8.42 Å². The third-order valence-corrected chi connectivity index (χ3v) is 6.67. The van der Waals surface area contributed by atoms with Gasteiger partial charge in [-0.2, -0.15) is 4.31 Å². The summed E-state index contributed by atoms with van der Waals surface area (Å²) in [4.78, 5) is 0.413. The van der Waals surface area contributed by atoms with Gasteiger partial charge in [-0.3, -0.25) is 0 Å². The summed E-state index contributed by atoms with van der Waals surface area (Å²) in [6.07, 6.45) is 6.08. The van der Waals surface area contributed by atoms with E-state index in [0.29, 0.717) is 29.9 Å². The third kappa shape index (κ3) is 2.76. The van der Waals surface area contributed by atoms with Crippen LogP contribution in [0.4, 0.5) is 0 Å². The van der Waals surface area contributed by atoms with Crippen molar-refractivity contribution in [2.45, 2.75) is 63.1 Å². The van der Waals surface area contributed by atoms with Gasteiger partial charge >= 0.3 is 0 Å². The minimum absolute atomic E-state index is 0.0804. The van der Waals surface area contributed by atoms with Gasteiger partial charge in [0.25, 0.3) is 0 Å². The van der Waals surface area contributed by atoms with E-state index in [1.807, 2.05) is 6.92 Å². The van der Waals surface area contributed by atoms with E-state index in [9.17, 15) is 8.42 Å². The summed E-state index contributed by atoms with van der Waals surface area (Å²) >= 11 is 0. The molecule has 1 saturated heterocycles. The van der Waals surface area contributed by atoms with E-state index in [1.54, 1.807) is 16.6 Å². The van der Waals surface area contributed by atoms with Crippen molar-refractivity contribution in [3.05, 3.63) is 18.0 Å². The van der Waals surface area contributed by atoms with Crippen LogP contribution in [-0.4, -0.2) is 29.9 Å². The van der Waals surface area contributed by atoms with Crippen LogP contribution in [0.1, 0.15) is 51.3 Å². The van der Waals surface area contributed by atoms with Crippen LogP contribution in [0.15, 0.2) is 17.2 Å². The molecular formula is C15H25N3O2S. The molecule has 1 saturated carbocycles. The fourth-order valence-electron chi connectivity index (χ4n) is 3.21. The van der Waals surface area contributed by atoms with Crippen LogP contribution in [0.5, 0.6) is 0 Å². The van der Waals surface area contributed by atoms with Crippen molar-refractivity contribution >= 4 is 10.0 Å². The normalized spacial score (nSPS) is 28.0. The van der Waals surface area contributed by atoms with Gasteiger partial charge < -0.3 is 10.3 Å². The molecular weight excluding hydrogens is 286 g/mol. The van der Waals surface area contributed by atoms with Crippen LogP contribution in [0.25, 0.3) is 0 Å². The van der Waals surface area contributed by atoms with Crippen LogP contribution in [0, 0.1) is 5.92 Å². The average molecular weight is 311 g/mol. The molecule has 2 aliphatic rings. The highest BCUT2D eigenvalue weighted by molar-refractivity contribution is 7.89. The second-order valence-corrected chi connectivity index (χ2v) is 8.51. The van der Waals surface area contributed by atoms with E-state index in [1.165, 1.54) is 0 Å². The molecule has 5 nitrogen and oxygen atoms in total. The van der Waals surface area contributed by atoms with Gasteiger partial charge in [0.05, 0.1) is 0 Å². The molecule has 1 aliphatic carbocycles. The first-order chi connectivity index (χ1) is 9.93. The lowest BCUT2D eigenvalue weighted by atomic mass is 9.97. The van der Waals surface area contributed by atoms with Crippen LogP contribution in [0.2, 0.25) is 0 Å². The molecule has 0 radical (unpaired) electrons. The van der Waals surface area contributed by atoms with Crippen LogP contribution in [0.3, 0.4) is 0 Å². The first-order valence-electron chi connectivity index (χ1n) is 7.86. The zero-order valence-electron chi connectivity index (χ0n) is 12.8. The van der Waals surface area contributed by atoms with E-state index >= 15 is 0 Å². The highest BCUT2D eigenvalue weighted by Crippen LogP contribution is 2.38. The molecule has 21 heavy (non-hydrogen) atoms. The maximum absolute atomic E-state index is 12.9. The van der Waals surface area contributed by atoms with Crippen molar-refractivity contribution in [3.8, 4) is 0 Å². The molecule has 0 amide bonds. The first kappa shape index (κ1) is 15.1. The molecule has 0 aromatic carbocycles. The van der Waals surface area contributed by atoms with E-state index in [2.05, 4.69) is 11.5 Å². The Labute approximate surface area is 127 Å². The summed E-state index contributed by atoms with van der Waals surface area (Å²) < 4.78 is 29.6. The highest BCUT2D eigenvalue weighted by Gasteiger charge is 2.35. The van der Waals surface area contributed by atoms with Crippen molar-refractivity contribution in [2.75, 3.05) is 6.54 Å². The predicted octanol–water partition coefficient (Wildman–Crippen LogP) is 2.09. The van der Waals surface area contributed by atoms with Crippen LogP contribution < -0.4 is 5.73 Å². The molecule has 1 aromatic heterocycles. The summed E-state index contributed by atoms with van der Waals surface area (Å²) in [6, 6.07) is 2.29. The van der Waals surface area contributed by atoms with Gasteiger partial charge in [0.15, 0.2) is 0 Å². The number of hydrogen-bond donors (Lipinski definition) is 1. The second-order valence-electron chi connectivity index (χ2n) is 6.62. The van der Waals surface area contributed by atoms with Crippen LogP contribution >= 0.6 is 0 Å².